The zero-order valence-corrected chi connectivity index (χ0v) is 15.1. The molecule has 0 bridgehead atoms. The standard InChI is InChI=1S/C19H25N3O3/c1-4-5-18-20-16-8-9-22(12-15(16)19(23)21-18)11-13-6-7-14(24-2)10-17(13)25-3/h6-7,10H,4-5,8-9,11-12H2,1-3H3,(H,20,21,23). The van der Waals surface area contributed by atoms with Gasteiger partial charge in [-0.15, -0.1) is 0 Å². The monoisotopic (exact) mass is 343 g/mol. The summed E-state index contributed by atoms with van der Waals surface area (Å²) in [7, 11) is 3.30. The minimum atomic E-state index is -0.000143. The van der Waals surface area contributed by atoms with Gasteiger partial charge in [0, 0.05) is 44.1 Å². The van der Waals surface area contributed by atoms with Gasteiger partial charge in [0.15, 0.2) is 0 Å². The fourth-order valence-electron chi connectivity index (χ4n) is 3.25. The SMILES string of the molecule is CCCc1nc2c(c(=O)[nH]1)CN(Cc1ccc(OC)cc1OC)CC2. The fourth-order valence-corrected chi connectivity index (χ4v) is 3.25. The average molecular weight is 343 g/mol. The summed E-state index contributed by atoms with van der Waals surface area (Å²) in [4.78, 5) is 22.2. The highest BCUT2D eigenvalue weighted by atomic mass is 16.5. The van der Waals surface area contributed by atoms with E-state index in [1.54, 1.807) is 14.2 Å². The normalized spacial score (nSPS) is 14.2. The first-order valence-electron chi connectivity index (χ1n) is 8.68. The second-order valence-electron chi connectivity index (χ2n) is 6.33. The summed E-state index contributed by atoms with van der Waals surface area (Å²) in [5.41, 5.74) is 2.82. The lowest BCUT2D eigenvalue weighted by Gasteiger charge is -2.28. The molecule has 1 aromatic heterocycles. The van der Waals surface area contributed by atoms with Crippen molar-refractivity contribution in [1.29, 1.82) is 0 Å². The third-order valence-corrected chi connectivity index (χ3v) is 4.57. The van der Waals surface area contributed by atoms with Gasteiger partial charge >= 0.3 is 0 Å². The van der Waals surface area contributed by atoms with Crippen molar-refractivity contribution in [3.8, 4) is 11.5 Å². The van der Waals surface area contributed by atoms with E-state index >= 15 is 0 Å². The Morgan fingerprint density at radius 3 is 2.84 bits per heavy atom. The summed E-state index contributed by atoms with van der Waals surface area (Å²) >= 11 is 0. The van der Waals surface area contributed by atoms with E-state index in [2.05, 4.69) is 21.8 Å². The van der Waals surface area contributed by atoms with E-state index < -0.39 is 0 Å². The van der Waals surface area contributed by atoms with Gasteiger partial charge < -0.3 is 14.5 Å². The first kappa shape index (κ1) is 17.5. The molecule has 0 atom stereocenters. The van der Waals surface area contributed by atoms with E-state index in [1.165, 1.54) is 0 Å². The summed E-state index contributed by atoms with van der Waals surface area (Å²) in [6.07, 6.45) is 2.59. The van der Waals surface area contributed by atoms with Crippen LogP contribution in [-0.4, -0.2) is 35.6 Å². The third kappa shape index (κ3) is 3.85. The molecule has 6 heteroatoms. The van der Waals surface area contributed by atoms with Crippen LogP contribution >= 0.6 is 0 Å². The summed E-state index contributed by atoms with van der Waals surface area (Å²) < 4.78 is 10.7. The van der Waals surface area contributed by atoms with Crippen LogP contribution < -0.4 is 15.0 Å². The van der Waals surface area contributed by atoms with E-state index in [-0.39, 0.29) is 5.56 Å². The van der Waals surface area contributed by atoms with Crippen molar-refractivity contribution >= 4 is 0 Å². The molecule has 2 aromatic rings. The first-order valence-corrected chi connectivity index (χ1v) is 8.68. The molecule has 2 heterocycles. The maximum atomic E-state index is 12.4. The molecule has 1 N–H and O–H groups in total. The van der Waals surface area contributed by atoms with E-state index in [0.29, 0.717) is 6.54 Å². The van der Waals surface area contributed by atoms with Crippen LogP contribution in [-0.2, 0) is 25.9 Å². The molecular formula is C19H25N3O3. The van der Waals surface area contributed by atoms with Gasteiger partial charge in [0.2, 0.25) is 0 Å². The number of ether oxygens (including phenoxy) is 2. The molecule has 3 rings (SSSR count). The van der Waals surface area contributed by atoms with Crippen molar-refractivity contribution in [2.24, 2.45) is 0 Å². The number of H-pyrrole nitrogens is 1. The van der Waals surface area contributed by atoms with Crippen molar-refractivity contribution in [3.05, 3.63) is 51.2 Å². The topological polar surface area (TPSA) is 67.5 Å². The van der Waals surface area contributed by atoms with Crippen LogP contribution in [0.15, 0.2) is 23.0 Å². The molecule has 1 aliphatic heterocycles. The molecule has 0 amide bonds. The zero-order valence-electron chi connectivity index (χ0n) is 15.1. The van der Waals surface area contributed by atoms with Gasteiger partial charge in [0.1, 0.15) is 17.3 Å². The molecule has 1 aromatic carbocycles. The Balaban J connectivity index is 1.78. The van der Waals surface area contributed by atoms with E-state index in [4.69, 9.17) is 9.47 Å². The number of methoxy groups -OCH3 is 2. The number of rotatable bonds is 6. The Morgan fingerprint density at radius 1 is 1.28 bits per heavy atom. The van der Waals surface area contributed by atoms with Crippen LogP contribution in [0.25, 0.3) is 0 Å². The smallest absolute Gasteiger partial charge is 0.255 e. The van der Waals surface area contributed by atoms with Crippen LogP contribution in [0.5, 0.6) is 11.5 Å². The van der Waals surface area contributed by atoms with E-state index in [0.717, 1.165) is 66.5 Å². The van der Waals surface area contributed by atoms with Gasteiger partial charge in [0.05, 0.1) is 25.5 Å². The van der Waals surface area contributed by atoms with Gasteiger partial charge in [-0.2, -0.15) is 0 Å². The van der Waals surface area contributed by atoms with Crippen LogP contribution in [0.2, 0.25) is 0 Å². The molecule has 134 valence electrons. The Bertz CT molecular complexity index is 801. The minimum Gasteiger partial charge on any atom is -0.497 e. The Hall–Kier alpha value is -2.34. The quantitative estimate of drug-likeness (QED) is 0.872. The molecule has 0 saturated heterocycles. The predicted octanol–water partition coefficient (Wildman–Crippen LogP) is 2.30. The lowest BCUT2D eigenvalue weighted by molar-refractivity contribution is 0.237. The molecule has 0 fully saturated rings. The Morgan fingerprint density at radius 2 is 2.12 bits per heavy atom. The fraction of sp³-hybridized carbons (Fsp3) is 0.474. The number of aromatic amines is 1. The zero-order chi connectivity index (χ0) is 17.8. The summed E-state index contributed by atoms with van der Waals surface area (Å²) in [5.74, 6) is 2.38. The van der Waals surface area contributed by atoms with Crippen molar-refractivity contribution in [2.45, 2.75) is 39.3 Å². The number of benzene rings is 1. The Kier molecular flexibility index (Phi) is 5.38. The maximum absolute atomic E-state index is 12.4. The predicted molar refractivity (Wildman–Crippen MR) is 96.2 cm³/mol. The second-order valence-corrected chi connectivity index (χ2v) is 6.33. The molecule has 0 saturated carbocycles. The number of nitrogens with zero attached hydrogens (tertiary/aromatic N) is 2. The first-order chi connectivity index (χ1) is 12.1. The number of fused-ring (bicyclic) bond motifs is 1. The van der Waals surface area contributed by atoms with Crippen LogP contribution in [0, 0.1) is 0 Å². The number of aromatic nitrogens is 2. The summed E-state index contributed by atoms with van der Waals surface area (Å²) in [6, 6.07) is 5.83. The summed E-state index contributed by atoms with van der Waals surface area (Å²) in [6.45, 7) is 4.30. The number of hydrogen-bond acceptors (Lipinski definition) is 5. The number of hydrogen-bond donors (Lipinski definition) is 1. The number of aryl methyl sites for hydroxylation is 1. The maximum Gasteiger partial charge on any atom is 0.255 e. The van der Waals surface area contributed by atoms with Crippen molar-refractivity contribution in [2.75, 3.05) is 20.8 Å². The highest BCUT2D eigenvalue weighted by Crippen LogP contribution is 2.27. The summed E-state index contributed by atoms with van der Waals surface area (Å²) in [5, 5.41) is 0. The molecular weight excluding hydrogens is 318 g/mol. The van der Waals surface area contributed by atoms with Crippen LogP contribution in [0.1, 0.15) is 36.0 Å². The molecule has 25 heavy (non-hydrogen) atoms. The van der Waals surface area contributed by atoms with Gasteiger partial charge in [-0.3, -0.25) is 9.69 Å². The lowest BCUT2D eigenvalue weighted by Crippen LogP contribution is -2.35. The van der Waals surface area contributed by atoms with Gasteiger partial charge in [0.25, 0.3) is 5.56 Å². The highest BCUT2D eigenvalue weighted by molar-refractivity contribution is 5.40. The van der Waals surface area contributed by atoms with Crippen molar-refractivity contribution in [1.82, 2.24) is 14.9 Å². The van der Waals surface area contributed by atoms with Crippen LogP contribution in [0.4, 0.5) is 0 Å². The number of nitrogens with one attached hydrogen (secondary N) is 1. The van der Waals surface area contributed by atoms with Gasteiger partial charge in [-0.05, 0) is 12.5 Å². The van der Waals surface area contributed by atoms with E-state index in [1.807, 2.05) is 18.2 Å². The minimum absolute atomic E-state index is 0.000143. The Labute approximate surface area is 147 Å². The van der Waals surface area contributed by atoms with Crippen molar-refractivity contribution < 1.29 is 9.47 Å². The lowest BCUT2D eigenvalue weighted by atomic mass is 10.1. The highest BCUT2D eigenvalue weighted by Gasteiger charge is 2.22. The third-order valence-electron chi connectivity index (χ3n) is 4.57. The second kappa shape index (κ2) is 7.70. The van der Waals surface area contributed by atoms with Crippen molar-refractivity contribution in [3.63, 3.8) is 0 Å². The average Bonchev–Trinajstić information content (AvgIpc) is 2.63. The molecule has 0 spiro atoms. The van der Waals surface area contributed by atoms with E-state index in [9.17, 15) is 4.79 Å². The van der Waals surface area contributed by atoms with Crippen LogP contribution in [0.3, 0.4) is 0 Å². The molecule has 1 aliphatic rings. The molecule has 0 unspecified atom stereocenters. The van der Waals surface area contributed by atoms with Gasteiger partial charge in [-0.25, -0.2) is 4.98 Å². The molecule has 0 aliphatic carbocycles. The molecule has 6 nitrogen and oxygen atoms in total. The largest absolute Gasteiger partial charge is 0.497 e. The molecule has 0 radical (unpaired) electrons. The van der Waals surface area contributed by atoms with Gasteiger partial charge in [-0.1, -0.05) is 13.0 Å².